The first-order chi connectivity index (χ1) is 6.83. The van der Waals surface area contributed by atoms with Crippen molar-refractivity contribution in [3.8, 4) is 0 Å². The highest BCUT2D eigenvalue weighted by Crippen LogP contribution is 2.39. The van der Waals surface area contributed by atoms with Crippen molar-refractivity contribution >= 4 is 0 Å². The molecule has 1 aliphatic rings. The molecule has 0 aromatic heterocycles. The zero-order chi connectivity index (χ0) is 11.5. The summed E-state index contributed by atoms with van der Waals surface area (Å²) in [7, 11) is 0. The molecule has 0 radical (unpaired) electrons. The second-order valence-electron chi connectivity index (χ2n) is 4.98. The summed E-state index contributed by atoms with van der Waals surface area (Å²) in [6.45, 7) is 6.12. The molecule has 1 N–H and O–H groups in total. The molecule has 0 bridgehead atoms. The summed E-state index contributed by atoms with van der Waals surface area (Å²) in [4.78, 5) is 0. The van der Waals surface area contributed by atoms with Crippen molar-refractivity contribution in [2.45, 2.75) is 45.7 Å². The molecule has 90 valence electrons. The molecule has 4 heteroatoms. The van der Waals surface area contributed by atoms with Crippen molar-refractivity contribution in [1.29, 1.82) is 0 Å². The molecule has 1 nitrogen and oxygen atoms in total. The summed E-state index contributed by atoms with van der Waals surface area (Å²) in [5.41, 5.74) is 0.0938. The van der Waals surface area contributed by atoms with E-state index >= 15 is 0 Å². The van der Waals surface area contributed by atoms with Gasteiger partial charge in [0.1, 0.15) is 0 Å². The Balaban J connectivity index is 2.35. The van der Waals surface area contributed by atoms with Crippen molar-refractivity contribution in [2.24, 2.45) is 11.3 Å². The Morgan fingerprint density at radius 3 is 2.60 bits per heavy atom. The van der Waals surface area contributed by atoms with Gasteiger partial charge in [-0.3, -0.25) is 0 Å². The maximum Gasteiger partial charge on any atom is 0.389 e. The number of halogens is 3. The molecule has 0 spiro atoms. The van der Waals surface area contributed by atoms with Gasteiger partial charge in [-0.1, -0.05) is 13.8 Å². The van der Waals surface area contributed by atoms with Gasteiger partial charge in [-0.2, -0.15) is 13.2 Å². The maximum absolute atomic E-state index is 12.0. The van der Waals surface area contributed by atoms with Crippen LogP contribution in [0.3, 0.4) is 0 Å². The molecular weight excluding hydrogens is 203 g/mol. The van der Waals surface area contributed by atoms with Crippen LogP contribution in [0.2, 0.25) is 0 Å². The van der Waals surface area contributed by atoms with Crippen LogP contribution in [0.25, 0.3) is 0 Å². The summed E-state index contributed by atoms with van der Waals surface area (Å²) < 4.78 is 36.1. The average Bonchev–Trinajstić information content (AvgIpc) is 2.08. The highest BCUT2D eigenvalue weighted by molar-refractivity contribution is 4.86. The van der Waals surface area contributed by atoms with Crippen molar-refractivity contribution < 1.29 is 13.2 Å². The second kappa shape index (κ2) is 4.73. The van der Waals surface area contributed by atoms with Crippen molar-refractivity contribution in [3.63, 3.8) is 0 Å². The number of hydrogen-bond donors (Lipinski definition) is 1. The van der Waals surface area contributed by atoms with Crippen LogP contribution in [0.1, 0.15) is 39.5 Å². The molecule has 0 aliphatic carbocycles. The van der Waals surface area contributed by atoms with E-state index in [4.69, 9.17) is 0 Å². The number of rotatable bonds is 3. The fourth-order valence-corrected chi connectivity index (χ4v) is 2.25. The van der Waals surface area contributed by atoms with Crippen LogP contribution < -0.4 is 5.32 Å². The van der Waals surface area contributed by atoms with Gasteiger partial charge < -0.3 is 5.32 Å². The van der Waals surface area contributed by atoms with E-state index in [1.54, 1.807) is 0 Å². The molecule has 0 aromatic carbocycles. The lowest BCUT2D eigenvalue weighted by atomic mass is 9.70. The first kappa shape index (κ1) is 12.8. The zero-order valence-electron chi connectivity index (χ0n) is 9.45. The Kier molecular flexibility index (Phi) is 4.04. The third-order valence-corrected chi connectivity index (χ3v) is 3.72. The number of piperidine rings is 1. The Labute approximate surface area is 89.4 Å². The molecule has 0 aromatic rings. The van der Waals surface area contributed by atoms with Crippen LogP contribution >= 0.6 is 0 Å². The summed E-state index contributed by atoms with van der Waals surface area (Å²) in [6.07, 6.45) is -2.68. The van der Waals surface area contributed by atoms with E-state index in [0.29, 0.717) is 12.3 Å². The van der Waals surface area contributed by atoms with E-state index in [-0.39, 0.29) is 11.8 Å². The van der Waals surface area contributed by atoms with Gasteiger partial charge in [0.25, 0.3) is 0 Å². The molecule has 0 amide bonds. The first-order valence-corrected chi connectivity index (χ1v) is 5.61. The SMILES string of the molecule is CC1CNCCC1(C)CCCC(F)(F)F. The van der Waals surface area contributed by atoms with E-state index in [1.165, 1.54) is 0 Å². The quantitative estimate of drug-likeness (QED) is 0.773. The molecule has 1 fully saturated rings. The molecule has 1 aliphatic heterocycles. The highest BCUT2D eigenvalue weighted by Gasteiger charge is 2.34. The summed E-state index contributed by atoms with van der Waals surface area (Å²) in [5, 5.41) is 3.27. The molecule has 1 saturated heterocycles. The van der Waals surface area contributed by atoms with E-state index in [1.807, 2.05) is 0 Å². The topological polar surface area (TPSA) is 12.0 Å². The zero-order valence-corrected chi connectivity index (χ0v) is 9.45. The minimum atomic E-state index is -3.99. The lowest BCUT2D eigenvalue weighted by Crippen LogP contribution is -2.42. The van der Waals surface area contributed by atoms with Gasteiger partial charge in [-0.25, -0.2) is 0 Å². The molecule has 1 heterocycles. The first-order valence-electron chi connectivity index (χ1n) is 5.61. The predicted octanol–water partition coefficient (Wildman–Crippen LogP) is 3.35. The third kappa shape index (κ3) is 4.01. The molecule has 15 heavy (non-hydrogen) atoms. The largest absolute Gasteiger partial charge is 0.389 e. The fraction of sp³-hybridized carbons (Fsp3) is 1.00. The number of alkyl halides is 3. The standard InChI is InChI=1S/C11H20F3N/c1-9-8-15-7-6-10(9,2)4-3-5-11(12,13)14/h9,15H,3-8H2,1-2H3. The van der Waals surface area contributed by atoms with Crippen LogP contribution in [-0.2, 0) is 0 Å². The van der Waals surface area contributed by atoms with Crippen LogP contribution in [0, 0.1) is 11.3 Å². The average molecular weight is 223 g/mol. The van der Waals surface area contributed by atoms with Crippen LogP contribution in [0.4, 0.5) is 13.2 Å². The van der Waals surface area contributed by atoms with Crippen LogP contribution in [0.15, 0.2) is 0 Å². The van der Waals surface area contributed by atoms with Gasteiger partial charge >= 0.3 is 6.18 Å². The minimum Gasteiger partial charge on any atom is -0.316 e. The second-order valence-corrected chi connectivity index (χ2v) is 4.98. The number of nitrogens with one attached hydrogen (secondary N) is 1. The normalized spacial score (nSPS) is 33.0. The van der Waals surface area contributed by atoms with E-state index in [2.05, 4.69) is 19.2 Å². The molecule has 2 atom stereocenters. The van der Waals surface area contributed by atoms with E-state index < -0.39 is 12.6 Å². The summed E-state index contributed by atoms with van der Waals surface area (Å²) in [6, 6.07) is 0. The Morgan fingerprint density at radius 1 is 1.40 bits per heavy atom. The van der Waals surface area contributed by atoms with Gasteiger partial charge in [0.15, 0.2) is 0 Å². The monoisotopic (exact) mass is 223 g/mol. The van der Waals surface area contributed by atoms with Gasteiger partial charge in [0, 0.05) is 6.42 Å². The molecule has 1 rings (SSSR count). The Bertz CT molecular complexity index is 202. The van der Waals surface area contributed by atoms with Crippen LogP contribution in [-0.4, -0.2) is 19.3 Å². The van der Waals surface area contributed by atoms with Gasteiger partial charge in [-0.05, 0) is 43.7 Å². The van der Waals surface area contributed by atoms with Crippen molar-refractivity contribution in [1.82, 2.24) is 5.32 Å². The lowest BCUT2D eigenvalue weighted by Gasteiger charge is -2.40. The van der Waals surface area contributed by atoms with E-state index in [9.17, 15) is 13.2 Å². The molecular formula is C11H20F3N. The Morgan fingerprint density at radius 2 is 2.07 bits per heavy atom. The van der Waals surface area contributed by atoms with Crippen molar-refractivity contribution in [2.75, 3.05) is 13.1 Å². The third-order valence-electron chi connectivity index (χ3n) is 3.72. The van der Waals surface area contributed by atoms with Gasteiger partial charge in [0.2, 0.25) is 0 Å². The van der Waals surface area contributed by atoms with E-state index in [0.717, 1.165) is 19.5 Å². The van der Waals surface area contributed by atoms with Gasteiger partial charge in [-0.15, -0.1) is 0 Å². The fourth-order valence-electron chi connectivity index (χ4n) is 2.25. The molecule has 2 unspecified atom stereocenters. The maximum atomic E-state index is 12.0. The van der Waals surface area contributed by atoms with Crippen molar-refractivity contribution in [3.05, 3.63) is 0 Å². The Hall–Kier alpha value is -0.250. The predicted molar refractivity (Wildman–Crippen MR) is 54.7 cm³/mol. The summed E-state index contributed by atoms with van der Waals surface area (Å²) >= 11 is 0. The number of hydrogen-bond acceptors (Lipinski definition) is 1. The smallest absolute Gasteiger partial charge is 0.316 e. The minimum absolute atomic E-state index is 0.0938. The highest BCUT2D eigenvalue weighted by atomic mass is 19.4. The lowest BCUT2D eigenvalue weighted by molar-refractivity contribution is -0.137. The van der Waals surface area contributed by atoms with Crippen LogP contribution in [0.5, 0.6) is 0 Å². The van der Waals surface area contributed by atoms with Gasteiger partial charge in [0.05, 0.1) is 0 Å². The molecule has 0 saturated carbocycles. The summed E-state index contributed by atoms with van der Waals surface area (Å²) in [5.74, 6) is 0.472.